The first-order valence-electron chi connectivity index (χ1n) is 23.2. The maximum Gasteiger partial charge on any atom is 0.124 e. The van der Waals surface area contributed by atoms with Gasteiger partial charge < -0.3 is 9.67 Å². The fourth-order valence-electron chi connectivity index (χ4n) is 5.82. The second-order valence-electron chi connectivity index (χ2n) is 10.9. The van der Waals surface area contributed by atoms with Crippen molar-refractivity contribution in [1.82, 2.24) is 14.5 Å². The number of rotatable bonds is 7. The molecule has 0 bridgehead atoms. The van der Waals surface area contributed by atoms with E-state index >= 15 is 0 Å². The molecule has 0 fully saturated rings. The molecule has 7 aromatic rings. The predicted molar refractivity (Wildman–Crippen MR) is 194 cm³/mol. The number of phenolic OH excluding ortho intramolecular Hbond substituents is 1. The Morgan fingerprint density at radius 1 is 0.729 bits per heavy atom. The molecule has 0 saturated carbocycles. The van der Waals surface area contributed by atoms with Crippen LogP contribution in [-0.2, 0) is 21.1 Å². The number of phenols is 1. The van der Waals surface area contributed by atoms with Crippen molar-refractivity contribution in [3.63, 3.8) is 0 Å². The van der Waals surface area contributed by atoms with Crippen LogP contribution in [0.1, 0.15) is 79.2 Å². The zero-order chi connectivity index (χ0) is 47.0. The Hall–Kier alpha value is -4.79. The molecule has 2 heterocycles. The molecule has 4 nitrogen and oxygen atoms in total. The second kappa shape index (κ2) is 13.7. The fraction of sp³-hybridized carbons (Fsp3) is 0.163. The van der Waals surface area contributed by atoms with Crippen LogP contribution in [0, 0.1) is 12.9 Å². The summed E-state index contributed by atoms with van der Waals surface area (Å²) in [7, 11) is 0. The maximum atomic E-state index is 10.9. The summed E-state index contributed by atoms with van der Waals surface area (Å²) in [5.41, 5.74) is -0.925. The predicted octanol–water partition coefficient (Wildman–Crippen LogP) is 11.1. The monoisotopic (exact) mass is 824 g/mol. The van der Waals surface area contributed by atoms with E-state index in [2.05, 4.69) is 6.07 Å². The van der Waals surface area contributed by atoms with E-state index in [1.54, 1.807) is 72.8 Å². The minimum Gasteiger partial charge on any atom is -0.507 e. The summed E-state index contributed by atoms with van der Waals surface area (Å²) >= 11 is 0. The van der Waals surface area contributed by atoms with Crippen molar-refractivity contribution in [3.8, 4) is 56.5 Å². The number of hydrogen-bond acceptors (Lipinski definition) is 3. The molecule has 0 aliphatic heterocycles. The number of hydrogen-bond donors (Lipinski definition) is 1. The zero-order valence-corrected chi connectivity index (χ0v) is 27.4. The Balaban J connectivity index is 0.00000700. The van der Waals surface area contributed by atoms with Gasteiger partial charge in [0.05, 0.1) is 22.6 Å². The Bertz CT molecular complexity index is 2800. The van der Waals surface area contributed by atoms with Crippen LogP contribution in [-0.4, -0.2) is 19.6 Å². The summed E-state index contributed by atoms with van der Waals surface area (Å²) in [6.45, 7) is -17.3. The van der Waals surface area contributed by atoms with Gasteiger partial charge in [-0.2, -0.15) is 0 Å². The van der Waals surface area contributed by atoms with Crippen molar-refractivity contribution in [2.75, 3.05) is 0 Å². The molecule has 0 amide bonds. The average Bonchev–Trinajstić information content (AvgIpc) is 3.60. The van der Waals surface area contributed by atoms with Crippen LogP contribution < -0.4 is 0 Å². The van der Waals surface area contributed by atoms with Gasteiger partial charge in [0.25, 0.3) is 0 Å². The maximum absolute atomic E-state index is 10.9. The first kappa shape index (κ1) is 18.1. The van der Waals surface area contributed by atoms with Gasteiger partial charge in [0, 0.05) is 61.3 Å². The molecular formula is C43H38N3OPt-. The molecule has 0 aliphatic carbocycles. The minimum atomic E-state index is -3.66. The molecule has 1 N–H and O–H groups in total. The van der Waals surface area contributed by atoms with Crippen molar-refractivity contribution >= 4 is 11.0 Å². The van der Waals surface area contributed by atoms with Gasteiger partial charge in [0.2, 0.25) is 0 Å². The zero-order valence-electron chi connectivity index (χ0n) is 42.2. The standard InChI is InChI=1S/C43H38N3O.Pt/c1-27(2)33-20-14-21-34(28(3)4)42(33)46-38-23-11-10-22-36(38)45-43(46)32-18-13-17-31(26-32)41-40(30-15-7-6-8-16-30)29(5)25-37(44-41)35-19-9-12-24-39(35)47;/h6-25,27-28,47H,1-5H3;/q-1;/i1D3,2D3,3D3,4D3,5D3,27D,28D;. The van der Waals surface area contributed by atoms with Crippen molar-refractivity contribution in [2.24, 2.45) is 0 Å². The molecule has 2 aromatic heterocycles. The molecule has 0 aliphatic rings. The molecule has 242 valence electrons. The molecule has 0 atom stereocenters. The number of benzene rings is 5. The summed E-state index contributed by atoms with van der Waals surface area (Å²) in [6.07, 6.45) is 0. The number of nitrogens with zero attached hydrogens (tertiary/aromatic N) is 3. The SMILES string of the molecule is [2H]C([2H])([2H])c1cc(-c2ccccc2O)nc(-c2[c-]c(-c3nc4ccccc4n3-c3c(C([2H])(C([2H])([2H])[2H])C([2H])([2H])[2H])cccc3C([2H])(C([2H])([2H])[2H])C([2H])([2H])[2H])ccc2)c1-c1ccccc1.[Pt]. The van der Waals surface area contributed by atoms with Crippen LogP contribution in [0.15, 0.2) is 121 Å². The van der Waals surface area contributed by atoms with Crippen LogP contribution >= 0.6 is 0 Å². The van der Waals surface area contributed by atoms with Gasteiger partial charge in [0.1, 0.15) is 5.75 Å². The quantitative estimate of drug-likeness (QED) is 0.163. The van der Waals surface area contributed by atoms with Crippen LogP contribution in [0.3, 0.4) is 0 Å². The average molecular weight is 825 g/mol. The number of para-hydroxylation sites is 4. The van der Waals surface area contributed by atoms with Crippen molar-refractivity contribution < 1.29 is 49.5 Å². The summed E-state index contributed by atoms with van der Waals surface area (Å²) in [5.74, 6) is -7.45. The third kappa shape index (κ3) is 6.02. The molecule has 7 rings (SSSR count). The molecule has 5 aromatic carbocycles. The summed E-state index contributed by atoms with van der Waals surface area (Å²) in [4.78, 5) is 9.72. The number of pyridine rings is 1. The normalized spacial score (nSPS) is 18.3. The Labute approximate surface area is 321 Å². The van der Waals surface area contributed by atoms with Crippen LogP contribution in [0.2, 0.25) is 0 Å². The van der Waals surface area contributed by atoms with Gasteiger partial charge in [-0.15, -0.1) is 24.3 Å². The first-order valence-corrected chi connectivity index (χ1v) is 14.7. The fourth-order valence-corrected chi connectivity index (χ4v) is 5.82. The third-order valence-corrected chi connectivity index (χ3v) is 7.91. The summed E-state index contributed by atoms with van der Waals surface area (Å²) in [5, 5.41) is 10.9. The van der Waals surface area contributed by atoms with E-state index in [0.29, 0.717) is 5.56 Å². The number of aryl methyl sites for hydroxylation is 1. The molecule has 0 radical (unpaired) electrons. The van der Waals surface area contributed by atoms with E-state index in [-0.39, 0.29) is 82.9 Å². The van der Waals surface area contributed by atoms with E-state index in [1.807, 2.05) is 0 Å². The first-order chi connectivity index (χ1) is 29.6. The topological polar surface area (TPSA) is 50.9 Å². The Morgan fingerprint density at radius 3 is 2.12 bits per heavy atom. The molecule has 5 heteroatoms. The largest absolute Gasteiger partial charge is 0.507 e. The van der Waals surface area contributed by atoms with Crippen molar-refractivity contribution in [1.29, 1.82) is 0 Å². The number of aromatic hydroxyl groups is 1. The molecule has 0 saturated heterocycles. The molecule has 0 spiro atoms. The van der Waals surface area contributed by atoms with Gasteiger partial charge in [-0.1, -0.05) is 111 Å². The smallest absolute Gasteiger partial charge is 0.124 e. The minimum absolute atomic E-state index is 0. The van der Waals surface area contributed by atoms with Gasteiger partial charge in [-0.3, -0.25) is 9.97 Å². The van der Waals surface area contributed by atoms with Crippen LogP contribution in [0.4, 0.5) is 0 Å². The summed E-state index contributed by atoms with van der Waals surface area (Å²) in [6, 6.07) is 33.2. The van der Waals surface area contributed by atoms with Crippen molar-refractivity contribution in [2.45, 2.75) is 46.0 Å². The van der Waals surface area contributed by atoms with Gasteiger partial charge >= 0.3 is 0 Å². The van der Waals surface area contributed by atoms with Crippen LogP contribution in [0.5, 0.6) is 5.75 Å². The van der Waals surface area contributed by atoms with E-state index in [1.165, 1.54) is 30.3 Å². The summed E-state index contributed by atoms with van der Waals surface area (Å²) < 4.78 is 147. The van der Waals surface area contributed by atoms with Gasteiger partial charge in [-0.25, -0.2) is 0 Å². The second-order valence-corrected chi connectivity index (χ2v) is 10.9. The number of fused-ring (bicyclic) bond motifs is 1. The Morgan fingerprint density at radius 2 is 1.40 bits per heavy atom. The molecule has 0 unspecified atom stereocenters. The van der Waals surface area contributed by atoms with E-state index in [9.17, 15) is 7.85 Å². The van der Waals surface area contributed by atoms with E-state index < -0.39 is 62.9 Å². The van der Waals surface area contributed by atoms with Gasteiger partial charge in [-0.05, 0) is 76.8 Å². The Kier molecular flexibility index (Phi) is 5.18. The van der Waals surface area contributed by atoms with E-state index in [0.717, 1.165) is 22.8 Å². The van der Waals surface area contributed by atoms with Crippen LogP contribution in [0.25, 0.3) is 61.8 Å². The third-order valence-electron chi connectivity index (χ3n) is 7.91. The molecule has 48 heavy (non-hydrogen) atoms. The van der Waals surface area contributed by atoms with Gasteiger partial charge in [0.15, 0.2) is 0 Å². The van der Waals surface area contributed by atoms with Crippen molar-refractivity contribution in [3.05, 3.63) is 144 Å². The number of imidazole rings is 1. The molecular weight excluding hydrogens is 770 g/mol. The van der Waals surface area contributed by atoms with E-state index in [4.69, 9.17) is 30.5 Å². The number of aromatic nitrogens is 3.